The van der Waals surface area contributed by atoms with E-state index in [9.17, 15) is 19.5 Å². The summed E-state index contributed by atoms with van der Waals surface area (Å²) in [5, 5.41) is 21.0. The third-order valence-corrected chi connectivity index (χ3v) is 8.41. The van der Waals surface area contributed by atoms with Gasteiger partial charge in [0.05, 0.1) is 11.0 Å². The highest BCUT2D eigenvalue weighted by molar-refractivity contribution is 5.80. The highest BCUT2D eigenvalue weighted by Crippen LogP contribution is 2.64. The Morgan fingerprint density at radius 3 is 2.81 bits per heavy atom. The lowest BCUT2D eigenvalue weighted by Gasteiger charge is -2.61. The van der Waals surface area contributed by atoms with Crippen LogP contribution in [0.2, 0.25) is 0 Å². The number of piperidine rings is 1. The third kappa shape index (κ3) is 3.46. The number of rotatable bonds is 7. The van der Waals surface area contributed by atoms with Crippen LogP contribution in [0.25, 0.3) is 0 Å². The van der Waals surface area contributed by atoms with Gasteiger partial charge in [0, 0.05) is 24.4 Å². The first kappa shape index (κ1) is 24.7. The molecule has 2 bridgehead atoms. The van der Waals surface area contributed by atoms with Crippen LogP contribution in [-0.4, -0.2) is 76.5 Å². The van der Waals surface area contributed by atoms with E-state index in [-0.39, 0.29) is 18.9 Å². The van der Waals surface area contributed by atoms with Crippen LogP contribution in [0.5, 0.6) is 5.75 Å². The molecule has 4 N–H and O–H groups in total. The fraction of sp³-hybridized carbons (Fsp3) is 0.577. The number of aliphatic hydroxyl groups is 1. The maximum atomic E-state index is 12.9. The van der Waals surface area contributed by atoms with E-state index >= 15 is 0 Å². The first-order valence-corrected chi connectivity index (χ1v) is 12.3. The Bertz CT molecular complexity index is 1160. The van der Waals surface area contributed by atoms with Crippen LogP contribution < -0.4 is 10.5 Å². The fourth-order valence-electron chi connectivity index (χ4n) is 6.49. The van der Waals surface area contributed by atoms with E-state index in [1.165, 1.54) is 6.92 Å². The molecule has 0 radical (unpaired) electrons. The van der Waals surface area contributed by atoms with Crippen LogP contribution in [-0.2, 0) is 35.7 Å². The Balaban J connectivity index is 1.38. The summed E-state index contributed by atoms with van der Waals surface area (Å²) >= 11 is 0. The number of esters is 2. The van der Waals surface area contributed by atoms with Crippen molar-refractivity contribution in [3.8, 4) is 5.75 Å². The van der Waals surface area contributed by atoms with Crippen LogP contribution in [0.4, 0.5) is 0 Å². The van der Waals surface area contributed by atoms with Crippen molar-refractivity contribution in [1.82, 2.24) is 4.90 Å². The van der Waals surface area contributed by atoms with Crippen LogP contribution in [0, 0.1) is 6.92 Å². The number of aryl methyl sites for hydroxylation is 1. The van der Waals surface area contributed by atoms with Gasteiger partial charge in [-0.1, -0.05) is 12.1 Å². The lowest BCUT2D eigenvalue weighted by molar-refractivity contribution is -0.175. The summed E-state index contributed by atoms with van der Waals surface area (Å²) in [6.45, 7) is 4.14. The van der Waals surface area contributed by atoms with Gasteiger partial charge in [-0.05, 0) is 63.9 Å². The number of benzene rings is 1. The van der Waals surface area contributed by atoms with E-state index in [0.29, 0.717) is 18.6 Å². The average molecular weight is 501 g/mol. The van der Waals surface area contributed by atoms with Crippen molar-refractivity contribution in [3.63, 3.8) is 0 Å². The van der Waals surface area contributed by atoms with Crippen LogP contribution in [0.1, 0.15) is 49.3 Å². The maximum absolute atomic E-state index is 12.9. The average Bonchev–Trinajstić information content (AvgIpc) is 3.19. The zero-order valence-electron chi connectivity index (χ0n) is 20.7. The van der Waals surface area contributed by atoms with Crippen molar-refractivity contribution < 1.29 is 38.8 Å². The molecule has 1 saturated heterocycles. The van der Waals surface area contributed by atoms with E-state index in [2.05, 4.69) is 11.0 Å². The van der Waals surface area contributed by atoms with Crippen LogP contribution in [0.15, 0.2) is 24.0 Å². The number of carboxylic acids is 1. The number of carbonyl (C=O) groups is 3. The van der Waals surface area contributed by atoms with Gasteiger partial charge in [-0.2, -0.15) is 0 Å². The highest BCUT2D eigenvalue weighted by Gasteiger charge is 2.71. The summed E-state index contributed by atoms with van der Waals surface area (Å²) in [6.07, 6.45) is 1.16. The Kier molecular flexibility index (Phi) is 5.89. The van der Waals surface area contributed by atoms with Crippen LogP contribution in [0.3, 0.4) is 0 Å². The molecule has 1 fully saturated rings. The Labute approximate surface area is 209 Å². The number of aliphatic carboxylic acids is 1. The smallest absolute Gasteiger partial charge is 0.352 e. The zero-order valence-corrected chi connectivity index (χ0v) is 20.7. The van der Waals surface area contributed by atoms with E-state index in [1.807, 2.05) is 20.0 Å². The largest absolute Gasteiger partial charge is 0.481 e. The van der Waals surface area contributed by atoms with Crippen molar-refractivity contribution in [1.29, 1.82) is 0 Å². The Morgan fingerprint density at radius 1 is 1.33 bits per heavy atom. The molecule has 36 heavy (non-hydrogen) atoms. The van der Waals surface area contributed by atoms with Gasteiger partial charge in [-0.15, -0.1) is 0 Å². The van der Waals surface area contributed by atoms with Gasteiger partial charge < -0.3 is 35.1 Å². The SMILES string of the molecule is Cc1ccc2c3c1O[C@H]1C(OC(=O)[C@H](C)OC(=O)CC[C@H](N)C(=O)O)=CC[C@@]4(O)[C@@H](C2)N(C)CC[C@]314. The summed E-state index contributed by atoms with van der Waals surface area (Å²) < 4.78 is 17.4. The highest BCUT2D eigenvalue weighted by atomic mass is 16.6. The second-order valence-electron chi connectivity index (χ2n) is 10.4. The molecule has 10 nitrogen and oxygen atoms in total. The fourth-order valence-corrected chi connectivity index (χ4v) is 6.49. The topological polar surface area (TPSA) is 149 Å². The number of likely N-dealkylation sites (tertiary alicyclic amines) is 1. The van der Waals surface area contributed by atoms with Crippen molar-refractivity contribution in [3.05, 3.63) is 40.7 Å². The molecular formula is C26H32N2O8. The quantitative estimate of drug-likeness (QED) is 0.462. The Morgan fingerprint density at radius 2 is 2.08 bits per heavy atom. The maximum Gasteiger partial charge on any atom is 0.352 e. The summed E-state index contributed by atoms with van der Waals surface area (Å²) in [6, 6.07) is 2.85. The lowest BCUT2D eigenvalue weighted by Crippen LogP contribution is -2.74. The molecule has 1 aromatic carbocycles. The van der Waals surface area contributed by atoms with Gasteiger partial charge in [0.15, 0.2) is 12.2 Å². The molecule has 0 saturated carbocycles. The van der Waals surface area contributed by atoms with Crippen LogP contribution >= 0.6 is 0 Å². The summed E-state index contributed by atoms with van der Waals surface area (Å²) in [5.41, 5.74) is 6.74. The number of hydrogen-bond donors (Lipinski definition) is 3. The second-order valence-corrected chi connectivity index (χ2v) is 10.4. The minimum absolute atomic E-state index is 0.0935. The van der Waals surface area contributed by atoms with Crippen molar-refractivity contribution >= 4 is 17.9 Å². The zero-order chi connectivity index (χ0) is 26.0. The normalized spacial score (nSPS) is 31.4. The Hall–Kier alpha value is -2.95. The first-order chi connectivity index (χ1) is 17.0. The number of carbonyl (C=O) groups excluding carboxylic acids is 2. The predicted molar refractivity (Wildman–Crippen MR) is 126 cm³/mol. The first-order valence-electron chi connectivity index (χ1n) is 12.3. The molecule has 1 spiro atoms. The number of ether oxygens (including phenoxy) is 3. The molecular weight excluding hydrogens is 468 g/mol. The van der Waals surface area contributed by atoms with E-state index in [4.69, 9.17) is 25.1 Å². The molecule has 10 heteroatoms. The molecule has 2 heterocycles. The standard InChI is InChI=1S/C26H32N2O8/c1-13-4-5-15-12-18-26(33)9-8-17(22-25(26,10-11-28(18)3)20(15)21(13)36-22)35-24(32)14(2)34-19(29)7-6-16(27)23(30)31/h4-5,8,14,16,18,22,33H,6-7,9-12,27H2,1-3H3,(H,30,31)/t14-,16-,18+,22-,25-,26+/m0/s1. The van der Waals surface area contributed by atoms with Crippen molar-refractivity contribution in [2.45, 2.75) is 81.3 Å². The van der Waals surface area contributed by atoms with E-state index in [0.717, 1.165) is 35.4 Å². The van der Waals surface area contributed by atoms with E-state index < -0.39 is 47.2 Å². The molecule has 1 aromatic rings. The van der Waals surface area contributed by atoms with Gasteiger partial charge in [0.2, 0.25) is 0 Å². The minimum atomic E-state index is -1.21. The van der Waals surface area contributed by atoms with Gasteiger partial charge >= 0.3 is 17.9 Å². The molecule has 0 aromatic heterocycles. The molecule has 6 atom stereocenters. The van der Waals surface area contributed by atoms with Gasteiger partial charge in [-0.25, -0.2) is 4.79 Å². The number of hydrogen-bond acceptors (Lipinski definition) is 9. The van der Waals surface area contributed by atoms with Crippen molar-refractivity contribution in [2.24, 2.45) is 5.73 Å². The third-order valence-electron chi connectivity index (χ3n) is 8.41. The molecule has 0 amide bonds. The van der Waals surface area contributed by atoms with Gasteiger partial charge in [0.25, 0.3) is 0 Å². The predicted octanol–water partition coefficient (Wildman–Crippen LogP) is 0.940. The number of nitrogens with two attached hydrogens (primary N) is 1. The number of nitrogens with zero attached hydrogens (tertiary/aromatic N) is 1. The van der Waals surface area contributed by atoms with Gasteiger partial charge in [-0.3, -0.25) is 9.59 Å². The summed E-state index contributed by atoms with van der Waals surface area (Å²) in [4.78, 5) is 38.0. The lowest BCUT2D eigenvalue weighted by atomic mass is 9.50. The molecule has 0 unspecified atom stereocenters. The molecule has 5 rings (SSSR count). The molecule has 194 valence electrons. The second kappa shape index (κ2) is 8.57. The number of carboxylic acid groups (broad SMARTS) is 1. The van der Waals surface area contributed by atoms with Crippen molar-refractivity contribution in [2.75, 3.05) is 13.6 Å². The molecule has 4 aliphatic rings. The summed E-state index contributed by atoms with van der Waals surface area (Å²) in [5.74, 6) is -1.66. The minimum Gasteiger partial charge on any atom is -0.481 e. The molecule has 2 aliphatic carbocycles. The number of likely N-dealkylation sites (N-methyl/N-ethyl adjacent to an activating group) is 1. The molecule has 2 aliphatic heterocycles. The summed E-state index contributed by atoms with van der Waals surface area (Å²) in [7, 11) is 2.03. The monoisotopic (exact) mass is 500 g/mol. The van der Waals surface area contributed by atoms with Gasteiger partial charge in [0.1, 0.15) is 17.6 Å². The van der Waals surface area contributed by atoms with E-state index in [1.54, 1.807) is 6.08 Å².